The van der Waals surface area contributed by atoms with Gasteiger partial charge in [-0.2, -0.15) is 0 Å². The number of benzene rings is 1. The minimum absolute atomic E-state index is 0.0118. The van der Waals surface area contributed by atoms with Crippen LogP contribution in [0.5, 0.6) is 0 Å². The normalized spacial score (nSPS) is 15.8. The number of nitrogens with zero attached hydrogens (tertiary/aromatic N) is 3. The molecule has 3 heterocycles. The number of anilines is 2. The van der Waals surface area contributed by atoms with Crippen molar-refractivity contribution in [3.05, 3.63) is 40.4 Å². The van der Waals surface area contributed by atoms with Crippen LogP contribution in [0.25, 0.3) is 0 Å². The molecule has 1 saturated heterocycles. The first-order valence-corrected chi connectivity index (χ1v) is 12.8. The third kappa shape index (κ3) is 4.53. The first-order chi connectivity index (χ1) is 15.3. The van der Waals surface area contributed by atoms with Crippen molar-refractivity contribution in [3.63, 3.8) is 0 Å². The van der Waals surface area contributed by atoms with Crippen molar-refractivity contribution >= 4 is 49.8 Å². The summed E-state index contributed by atoms with van der Waals surface area (Å²) in [5, 5.41) is 2.28. The standard InChI is InChI=1S/C21H23N3O6S2/c1-2-32(28,29)24-9-7-14-10-15(5-6-17(14)24)18(25)12-30-20(27)11-16-13-31-21(22-16)23-8-3-4-19(23)26/h5-6,10,13H,2-4,7-9,11-12H2,1H3. The number of hydrogen-bond acceptors (Lipinski definition) is 8. The summed E-state index contributed by atoms with van der Waals surface area (Å²) >= 11 is 1.30. The third-order valence-electron chi connectivity index (χ3n) is 5.49. The van der Waals surface area contributed by atoms with Crippen LogP contribution in [0, 0.1) is 0 Å². The average molecular weight is 478 g/mol. The van der Waals surface area contributed by atoms with Gasteiger partial charge in [-0.1, -0.05) is 0 Å². The van der Waals surface area contributed by atoms with Crippen molar-refractivity contribution in [2.75, 3.05) is 34.7 Å². The molecule has 4 rings (SSSR count). The highest BCUT2D eigenvalue weighted by Gasteiger charge is 2.29. The number of ether oxygens (including phenoxy) is 1. The second kappa shape index (κ2) is 8.99. The van der Waals surface area contributed by atoms with E-state index >= 15 is 0 Å². The molecule has 1 aromatic carbocycles. The molecule has 0 N–H and O–H groups in total. The predicted molar refractivity (Wildman–Crippen MR) is 120 cm³/mol. The number of carbonyl (C=O) groups is 3. The predicted octanol–water partition coefficient (Wildman–Crippen LogP) is 1.95. The molecule has 0 spiro atoms. The van der Waals surface area contributed by atoms with Crippen molar-refractivity contribution in [2.24, 2.45) is 0 Å². The number of sulfonamides is 1. The van der Waals surface area contributed by atoms with E-state index in [0.717, 1.165) is 12.0 Å². The van der Waals surface area contributed by atoms with Gasteiger partial charge in [-0.15, -0.1) is 11.3 Å². The van der Waals surface area contributed by atoms with Crippen molar-refractivity contribution in [2.45, 2.75) is 32.6 Å². The van der Waals surface area contributed by atoms with E-state index in [1.54, 1.807) is 35.4 Å². The van der Waals surface area contributed by atoms with E-state index in [2.05, 4.69) is 4.98 Å². The quantitative estimate of drug-likeness (QED) is 0.422. The van der Waals surface area contributed by atoms with Gasteiger partial charge >= 0.3 is 5.97 Å². The summed E-state index contributed by atoms with van der Waals surface area (Å²) in [6, 6.07) is 4.84. The summed E-state index contributed by atoms with van der Waals surface area (Å²) in [5.41, 5.74) is 2.24. The zero-order valence-corrected chi connectivity index (χ0v) is 19.2. The van der Waals surface area contributed by atoms with Crippen molar-refractivity contribution < 1.29 is 27.5 Å². The molecule has 2 aliphatic heterocycles. The molecule has 32 heavy (non-hydrogen) atoms. The smallest absolute Gasteiger partial charge is 0.312 e. The van der Waals surface area contributed by atoms with Gasteiger partial charge in [-0.25, -0.2) is 13.4 Å². The van der Waals surface area contributed by atoms with Gasteiger partial charge in [0.1, 0.15) is 0 Å². The minimum Gasteiger partial charge on any atom is -0.457 e. The van der Waals surface area contributed by atoms with E-state index in [1.165, 1.54) is 15.6 Å². The number of rotatable bonds is 8. The zero-order valence-electron chi connectivity index (χ0n) is 17.6. The lowest BCUT2D eigenvalue weighted by molar-refractivity contribution is -0.141. The van der Waals surface area contributed by atoms with Crippen LogP contribution in [0.3, 0.4) is 0 Å². The number of carbonyl (C=O) groups excluding carboxylic acids is 3. The molecule has 0 unspecified atom stereocenters. The molecule has 0 aliphatic carbocycles. The maximum atomic E-state index is 12.5. The van der Waals surface area contributed by atoms with Gasteiger partial charge in [0.2, 0.25) is 15.9 Å². The molecule has 1 amide bonds. The van der Waals surface area contributed by atoms with Gasteiger partial charge in [-0.3, -0.25) is 23.6 Å². The maximum Gasteiger partial charge on any atom is 0.312 e. The molecule has 1 aromatic heterocycles. The number of fused-ring (bicyclic) bond motifs is 1. The Hall–Kier alpha value is -2.79. The van der Waals surface area contributed by atoms with Crippen LogP contribution in [0.4, 0.5) is 10.8 Å². The fraction of sp³-hybridized carbons (Fsp3) is 0.429. The van der Waals surface area contributed by atoms with Gasteiger partial charge < -0.3 is 4.74 Å². The van der Waals surface area contributed by atoms with Gasteiger partial charge in [0.05, 0.1) is 23.6 Å². The summed E-state index contributed by atoms with van der Waals surface area (Å²) in [5.74, 6) is -0.898. The van der Waals surface area contributed by atoms with Gasteiger partial charge in [0.15, 0.2) is 17.5 Å². The van der Waals surface area contributed by atoms with E-state index in [0.29, 0.717) is 48.0 Å². The van der Waals surface area contributed by atoms with Crippen LogP contribution in [0.15, 0.2) is 23.6 Å². The van der Waals surface area contributed by atoms with Gasteiger partial charge in [-0.05, 0) is 43.5 Å². The lowest BCUT2D eigenvalue weighted by atomic mass is 10.1. The Labute approximate surface area is 190 Å². The number of ketones is 1. The first-order valence-electron chi connectivity index (χ1n) is 10.4. The summed E-state index contributed by atoms with van der Waals surface area (Å²) in [6.07, 6.45) is 1.75. The Kier molecular flexibility index (Phi) is 6.29. The molecule has 0 bridgehead atoms. The Morgan fingerprint density at radius 2 is 2.03 bits per heavy atom. The van der Waals surface area contributed by atoms with Crippen molar-refractivity contribution in [1.29, 1.82) is 0 Å². The highest BCUT2D eigenvalue weighted by molar-refractivity contribution is 7.92. The first kappa shape index (κ1) is 22.4. The lowest BCUT2D eigenvalue weighted by Gasteiger charge is -2.18. The molecule has 0 radical (unpaired) electrons. The second-order valence-electron chi connectivity index (χ2n) is 7.60. The van der Waals surface area contributed by atoms with E-state index < -0.39 is 22.6 Å². The second-order valence-corrected chi connectivity index (χ2v) is 10.6. The third-order valence-corrected chi connectivity index (χ3v) is 8.18. The molecule has 2 aliphatic rings. The topological polar surface area (TPSA) is 114 Å². The SMILES string of the molecule is CCS(=O)(=O)N1CCc2cc(C(=O)COC(=O)Cc3csc(N4CCCC4=O)n3)ccc21. The molecular formula is C21H23N3O6S2. The van der Waals surface area contributed by atoms with Crippen LogP contribution in [0.2, 0.25) is 0 Å². The Morgan fingerprint density at radius 1 is 1.22 bits per heavy atom. The van der Waals surface area contributed by atoms with Crippen LogP contribution < -0.4 is 9.21 Å². The van der Waals surface area contributed by atoms with Crippen LogP contribution >= 0.6 is 11.3 Å². The Morgan fingerprint density at radius 3 is 2.75 bits per heavy atom. The Balaban J connectivity index is 1.33. The van der Waals surface area contributed by atoms with E-state index in [9.17, 15) is 22.8 Å². The fourth-order valence-corrected chi connectivity index (χ4v) is 5.80. The summed E-state index contributed by atoms with van der Waals surface area (Å²) in [7, 11) is -3.35. The van der Waals surface area contributed by atoms with Crippen LogP contribution in [0.1, 0.15) is 41.4 Å². The average Bonchev–Trinajstić information content (AvgIpc) is 3.51. The highest BCUT2D eigenvalue weighted by atomic mass is 32.2. The van der Waals surface area contributed by atoms with Gasteiger partial charge in [0, 0.05) is 30.5 Å². The molecule has 1 fully saturated rings. The fourth-order valence-electron chi connectivity index (χ4n) is 3.77. The Bertz CT molecular complexity index is 1170. The monoisotopic (exact) mass is 477 g/mol. The van der Waals surface area contributed by atoms with Crippen LogP contribution in [-0.4, -0.2) is 56.5 Å². The molecule has 11 heteroatoms. The summed E-state index contributed by atoms with van der Waals surface area (Å²) in [6.45, 7) is 2.18. The van der Waals surface area contributed by atoms with E-state index in [-0.39, 0.29) is 23.9 Å². The highest BCUT2D eigenvalue weighted by Crippen LogP contribution is 2.31. The summed E-state index contributed by atoms with van der Waals surface area (Å²) in [4.78, 5) is 42.4. The van der Waals surface area contributed by atoms with Crippen molar-refractivity contribution in [3.8, 4) is 0 Å². The van der Waals surface area contributed by atoms with Crippen LogP contribution in [-0.2, 0) is 37.2 Å². The largest absolute Gasteiger partial charge is 0.457 e. The number of aromatic nitrogens is 1. The number of hydrogen-bond donors (Lipinski definition) is 0. The number of amides is 1. The zero-order chi connectivity index (χ0) is 22.9. The van der Waals surface area contributed by atoms with Gasteiger partial charge in [0.25, 0.3) is 0 Å². The lowest BCUT2D eigenvalue weighted by Crippen LogP contribution is -2.30. The molecular weight excluding hydrogens is 454 g/mol. The number of esters is 1. The molecule has 0 atom stereocenters. The van der Waals surface area contributed by atoms with Crippen molar-refractivity contribution in [1.82, 2.24) is 4.98 Å². The molecule has 2 aromatic rings. The molecule has 0 saturated carbocycles. The maximum absolute atomic E-state index is 12.5. The number of thiazole rings is 1. The molecule has 170 valence electrons. The summed E-state index contributed by atoms with van der Waals surface area (Å²) < 4.78 is 30.9. The van der Waals surface area contributed by atoms with E-state index in [1.807, 2.05) is 0 Å². The minimum atomic E-state index is -3.35. The van der Waals surface area contributed by atoms with E-state index in [4.69, 9.17) is 4.74 Å². The molecule has 9 nitrogen and oxygen atoms in total. The number of Topliss-reactive ketones (excluding diaryl/α,β-unsaturated/α-hetero) is 1.